The van der Waals surface area contributed by atoms with Crippen molar-refractivity contribution in [3.05, 3.63) is 42.0 Å². The lowest BCUT2D eigenvalue weighted by Gasteiger charge is -2.32. The number of hydrogen-bond acceptors (Lipinski definition) is 4. The van der Waals surface area contributed by atoms with E-state index in [1.807, 2.05) is 32.3 Å². The van der Waals surface area contributed by atoms with Crippen LogP contribution in [0.15, 0.2) is 36.4 Å². The maximum Gasteiger partial charge on any atom is 0.311 e. The first-order valence-electron chi connectivity index (χ1n) is 6.27. The molecule has 0 aliphatic carbocycles. The minimum atomic E-state index is -0.130. The Morgan fingerprint density at radius 3 is 2.58 bits per heavy atom. The van der Waals surface area contributed by atoms with E-state index in [0.717, 1.165) is 5.75 Å². The van der Waals surface area contributed by atoms with E-state index in [9.17, 15) is 4.79 Å². The first-order chi connectivity index (χ1) is 9.13. The summed E-state index contributed by atoms with van der Waals surface area (Å²) < 4.78 is 4.90. The number of nitrogens with zero attached hydrogens (tertiary/aromatic N) is 1. The molecule has 0 unspecified atom stereocenters. The van der Waals surface area contributed by atoms with Gasteiger partial charge in [0.25, 0.3) is 0 Å². The van der Waals surface area contributed by atoms with E-state index in [1.54, 1.807) is 11.8 Å². The molecule has 19 heavy (non-hydrogen) atoms. The van der Waals surface area contributed by atoms with E-state index in [0.29, 0.717) is 0 Å². The first-order valence-corrected chi connectivity index (χ1v) is 7.26. The predicted molar refractivity (Wildman–Crippen MR) is 79.9 cm³/mol. The van der Waals surface area contributed by atoms with E-state index in [1.165, 1.54) is 17.6 Å². The van der Waals surface area contributed by atoms with Crippen LogP contribution in [-0.2, 0) is 9.53 Å². The summed E-state index contributed by atoms with van der Waals surface area (Å²) in [5, 5.41) is 0. The minimum Gasteiger partial charge on any atom is -0.469 e. The molecule has 4 heteroatoms. The number of esters is 1. The molecule has 0 N–H and O–H groups in total. The summed E-state index contributed by atoms with van der Waals surface area (Å²) in [6, 6.07) is 10.4. The Balaban J connectivity index is 2.28. The van der Waals surface area contributed by atoms with Gasteiger partial charge in [-0.3, -0.25) is 4.79 Å². The average Bonchev–Trinajstić information content (AvgIpc) is 2.46. The average molecular weight is 277 g/mol. The molecule has 1 aliphatic rings. The zero-order valence-electron chi connectivity index (χ0n) is 11.5. The number of methoxy groups -OCH3 is 1. The fourth-order valence-electron chi connectivity index (χ4n) is 2.25. The molecule has 0 saturated carbocycles. The number of rotatable bonds is 3. The molecule has 0 bridgehead atoms. The van der Waals surface area contributed by atoms with Gasteiger partial charge in [-0.05, 0) is 19.7 Å². The zero-order valence-corrected chi connectivity index (χ0v) is 12.3. The van der Waals surface area contributed by atoms with Crippen molar-refractivity contribution in [3.63, 3.8) is 0 Å². The van der Waals surface area contributed by atoms with Gasteiger partial charge in [-0.15, -0.1) is 11.8 Å². The van der Waals surface area contributed by atoms with E-state index >= 15 is 0 Å². The van der Waals surface area contributed by atoms with Crippen LogP contribution in [0.5, 0.6) is 0 Å². The van der Waals surface area contributed by atoms with Crippen LogP contribution in [0, 0.1) is 5.92 Å². The van der Waals surface area contributed by atoms with Gasteiger partial charge in [0, 0.05) is 16.7 Å². The Hall–Kier alpha value is -1.26. The molecule has 0 saturated heterocycles. The van der Waals surface area contributed by atoms with E-state index in [-0.39, 0.29) is 17.9 Å². The molecule has 1 aromatic carbocycles. The summed E-state index contributed by atoms with van der Waals surface area (Å²) in [5.41, 5.74) is 1.21. The van der Waals surface area contributed by atoms with Crippen LogP contribution in [0.1, 0.15) is 5.56 Å². The molecule has 102 valence electrons. The van der Waals surface area contributed by atoms with Crippen molar-refractivity contribution < 1.29 is 9.53 Å². The summed E-state index contributed by atoms with van der Waals surface area (Å²) in [7, 11) is 5.45. The summed E-state index contributed by atoms with van der Waals surface area (Å²) in [6.07, 6.45) is 2.17. The lowest BCUT2D eigenvalue weighted by Crippen LogP contribution is -2.41. The van der Waals surface area contributed by atoms with Gasteiger partial charge in [0.2, 0.25) is 0 Å². The monoisotopic (exact) mass is 277 g/mol. The fraction of sp³-hybridized carbons (Fsp3) is 0.400. The van der Waals surface area contributed by atoms with Gasteiger partial charge in [-0.2, -0.15) is 0 Å². The van der Waals surface area contributed by atoms with Gasteiger partial charge in [0.1, 0.15) is 0 Å². The molecule has 2 rings (SSSR count). The van der Waals surface area contributed by atoms with Gasteiger partial charge < -0.3 is 9.64 Å². The van der Waals surface area contributed by atoms with Crippen LogP contribution in [0.25, 0.3) is 4.91 Å². The van der Waals surface area contributed by atoms with Crippen LogP contribution < -0.4 is 0 Å². The zero-order chi connectivity index (χ0) is 13.8. The lowest BCUT2D eigenvalue weighted by atomic mass is 9.98. The van der Waals surface area contributed by atoms with Gasteiger partial charge in [0.05, 0.1) is 13.0 Å². The second kappa shape index (κ2) is 6.26. The van der Waals surface area contributed by atoms with Crippen molar-refractivity contribution in [2.24, 2.45) is 5.92 Å². The maximum atomic E-state index is 11.8. The maximum absolute atomic E-state index is 11.8. The highest BCUT2D eigenvalue weighted by Crippen LogP contribution is 2.36. The van der Waals surface area contributed by atoms with Crippen molar-refractivity contribution in [1.29, 1.82) is 0 Å². The van der Waals surface area contributed by atoms with Crippen molar-refractivity contribution in [2.45, 2.75) is 6.04 Å². The molecule has 0 radical (unpaired) electrons. The van der Waals surface area contributed by atoms with Gasteiger partial charge in [-0.1, -0.05) is 36.4 Å². The second-order valence-electron chi connectivity index (χ2n) is 4.79. The van der Waals surface area contributed by atoms with E-state index in [4.69, 9.17) is 4.74 Å². The summed E-state index contributed by atoms with van der Waals surface area (Å²) in [5.74, 6) is 0.531. The molecule has 1 aliphatic heterocycles. The smallest absolute Gasteiger partial charge is 0.311 e. The van der Waals surface area contributed by atoms with Crippen molar-refractivity contribution in [3.8, 4) is 0 Å². The molecule has 0 spiro atoms. The van der Waals surface area contributed by atoms with Gasteiger partial charge >= 0.3 is 5.97 Å². The van der Waals surface area contributed by atoms with Crippen molar-refractivity contribution in [1.82, 2.24) is 4.90 Å². The summed E-state index contributed by atoms with van der Waals surface area (Å²) >= 11 is 1.72. The summed E-state index contributed by atoms with van der Waals surface area (Å²) in [6.45, 7) is 0. The highest BCUT2D eigenvalue weighted by Gasteiger charge is 2.33. The topological polar surface area (TPSA) is 29.5 Å². The third-order valence-corrected chi connectivity index (χ3v) is 4.52. The first kappa shape index (κ1) is 14.2. The lowest BCUT2D eigenvalue weighted by molar-refractivity contribution is -0.146. The Kier molecular flexibility index (Phi) is 4.66. The largest absolute Gasteiger partial charge is 0.469 e. The molecule has 3 nitrogen and oxygen atoms in total. The van der Waals surface area contributed by atoms with Crippen LogP contribution in [0.3, 0.4) is 0 Å². The number of carbonyl (C=O) groups is 1. The third-order valence-electron chi connectivity index (χ3n) is 3.31. The number of thioether (sulfide) groups is 1. The normalized spacial score (nSPS) is 23.1. The van der Waals surface area contributed by atoms with Crippen molar-refractivity contribution in [2.75, 3.05) is 27.0 Å². The number of likely N-dealkylation sites (N-methyl/N-ethyl adjacent to an activating group) is 1. The Labute approximate surface area is 118 Å². The highest BCUT2D eigenvalue weighted by atomic mass is 32.2. The van der Waals surface area contributed by atoms with E-state index in [2.05, 4.69) is 23.1 Å². The molecular formula is C15H19NO2S. The predicted octanol–water partition coefficient (Wildman–Crippen LogP) is 2.49. The standard InChI is InChI=1S/C15H19NO2S/c1-16(2)13-9-14(11-7-5-4-6-8-11)19-10-12(13)15(17)18-3/h4-9,12-13H,10H2,1-3H3/t12-,13-/m0/s1. The quantitative estimate of drug-likeness (QED) is 0.794. The molecule has 2 atom stereocenters. The van der Waals surface area contributed by atoms with Crippen molar-refractivity contribution >= 4 is 22.6 Å². The molecule has 0 aromatic heterocycles. The minimum absolute atomic E-state index is 0.0870. The van der Waals surface area contributed by atoms with Gasteiger partial charge in [-0.25, -0.2) is 0 Å². The molecule has 1 aromatic rings. The molecule has 0 amide bonds. The molecular weight excluding hydrogens is 258 g/mol. The fourth-order valence-corrected chi connectivity index (χ4v) is 3.48. The van der Waals surface area contributed by atoms with Crippen LogP contribution >= 0.6 is 11.8 Å². The van der Waals surface area contributed by atoms with Crippen LogP contribution in [-0.4, -0.2) is 43.9 Å². The second-order valence-corrected chi connectivity index (χ2v) is 5.85. The summed E-state index contributed by atoms with van der Waals surface area (Å²) in [4.78, 5) is 15.1. The number of hydrogen-bond donors (Lipinski definition) is 0. The van der Waals surface area contributed by atoms with Gasteiger partial charge in [0.15, 0.2) is 0 Å². The SMILES string of the molecule is COC(=O)[C@H]1CSC(c2ccccc2)=C[C@@H]1N(C)C. The number of carbonyl (C=O) groups excluding carboxylic acids is 1. The van der Waals surface area contributed by atoms with Crippen LogP contribution in [0.2, 0.25) is 0 Å². The number of ether oxygens (including phenoxy) is 1. The Morgan fingerprint density at radius 2 is 2.00 bits per heavy atom. The Bertz CT molecular complexity index is 470. The molecule has 0 fully saturated rings. The Morgan fingerprint density at radius 1 is 1.32 bits per heavy atom. The van der Waals surface area contributed by atoms with E-state index < -0.39 is 0 Å². The highest BCUT2D eigenvalue weighted by molar-refractivity contribution is 8.08. The van der Waals surface area contributed by atoms with Crippen LogP contribution in [0.4, 0.5) is 0 Å². The number of benzene rings is 1. The third kappa shape index (κ3) is 3.19. The molecule has 1 heterocycles.